The lowest BCUT2D eigenvalue weighted by atomic mass is 10.1. The lowest BCUT2D eigenvalue weighted by molar-refractivity contribution is -0.120. The molecule has 1 aliphatic rings. The van der Waals surface area contributed by atoms with E-state index in [1.165, 1.54) is 6.26 Å². The van der Waals surface area contributed by atoms with Crippen LogP contribution in [-0.4, -0.2) is 33.8 Å². The van der Waals surface area contributed by atoms with Crippen molar-refractivity contribution in [1.29, 1.82) is 0 Å². The molecule has 0 saturated heterocycles. The number of carbonyl (C=O) groups excluding carboxylic acids is 2. The molecule has 0 radical (unpaired) electrons. The standard InChI is InChI=1S/C25H25N3O3/c1-17-8-9-18(2)28(17)25(30)22-16-31-24(27-22)21-12-10-20(11-13-21)15-26-23(29)14-19-6-4-3-5-7-19/h3-13,16-18H,14-15H2,1-2H3,(H,26,29). The summed E-state index contributed by atoms with van der Waals surface area (Å²) in [5.41, 5.74) is 3.03. The van der Waals surface area contributed by atoms with Crippen LogP contribution in [-0.2, 0) is 17.8 Å². The molecule has 0 bridgehead atoms. The van der Waals surface area contributed by atoms with Crippen molar-refractivity contribution < 1.29 is 14.0 Å². The Balaban J connectivity index is 1.35. The normalized spacial score (nSPS) is 17.7. The van der Waals surface area contributed by atoms with E-state index in [9.17, 15) is 9.59 Å². The minimum atomic E-state index is -0.141. The molecule has 3 aromatic rings. The van der Waals surface area contributed by atoms with Gasteiger partial charge in [0.25, 0.3) is 5.91 Å². The van der Waals surface area contributed by atoms with Crippen molar-refractivity contribution in [3.05, 3.63) is 89.8 Å². The zero-order valence-electron chi connectivity index (χ0n) is 17.6. The summed E-state index contributed by atoms with van der Waals surface area (Å²) >= 11 is 0. The highest BCUT2D eigenvalue weighted by atomic mass is 16.3. The number of nitrogens with zero attached hydrogens (tertiary/aromatic N) is 2. The van der Waals surface area contributed by atoms with Gasteiger partial charge in [0.05, 0.1) is 6.42 Å². The molecule has 2 aromatic carbocycles. The number of rotatable bonds is 6. The summed E-state index contributed by atoms with van der Waals surface area (Å²) in [6.07, 6.45) is 5.80. The Labute approximate surface area is 181 Å². The van der Waals surface area contributed by atoms with Gasteiger partial charge in [0, 0.05) is 24.2 Å². The van der Waals surface area contributed by atoms with Gasteiger partial charge in [0.2, 0.25) is 11.8 Å². The highest BCUT2D eigenvalue weighted by molar-refractivity contribution is 5.93. The van der Waals surface area contributed by atoms with Crippen LogP contribution >= 0.6 is 0 Å². The molecule has 6 heteroatoms. The van der Waals surface area contributed by atoms with Crippen LogP contribution < -0.4 is 5.32 Å². The molecule has 1 aliphatic heterocycles. The Morgan fingerprint density at radius 3 is 2.32 bits per heavy atom. The second kappa shape index (κ2) is 9.00. The highest BCUT2D eigenvalue weighted by Crippen LogP contribution is 2.23. The van der Waals surface area contributed by atoms with Gasteiger partial charge in [-0.2, -0.15) is 0 Å². The van der Waals surface area contributed by atoms with Gasteiger partial charge in [-0.25, -0.2) is 4.98 Å². The summed E-state index contributed by atoms with van der Waals surface area (Å²) < 4.78 is 5.56. The lowest BCUT2D eigenvalue weighted by Crippen LogP contribution is -2.39. The molecule has 0 saturated carbocycles. The maximum absolute atomic E-state index is 12.8. The Kier molecular flexibility index (Phi) is 5.98. The van der Waals surface area contributed by atoms with Gasteiger partial charge in [-0.1, -0.05) is 54.6 Å². The van der Waals surface area contributed by atoms with Crippen LogP contribution in [0, 0.1) is 0 Å². The fourth-order valence-corrected chi connectivity index (χ4v) is 3.69. The summed E-state index contributed by atoms with van der Waals surface area (Å²) in [5, 5.41) is 2.93. The largest absolute Gasteiger partial charge is 0.444 e. The van der Waals surface area contributed by atoms with Gasteiger partial charge in [-0.05, 0) is 37.1 Å². The monoisotopic (exact) mass is 415 g/mol. The van der Waals surface area contributed by atoms with Gasteiger partial charge >= 0.3 is 0 Å². The fourth-order valence-electron chi connectivity index (χ4n) is 3.69. The zero-order valence-corrected chi connectivity index (χ0v) is 17.6. The number of hydrogen-bond donors (Lipinski definition) is 1. The predicted molar refractivity (Wildman–Crippen MR) is 118 cm³/mol. The van der Waals surface area contributed by atoms with Crippen molar-refractivity contribution in [2.24, 2.45) is 0 Å². The molecule has 2 unspecified atom stereocenters. The number of amides is 2. The van der Waals surface area contributed by atoms with E-state index in [2.05, 4.69) is 10.3 Å². The minimum absolute atomic E-state index is 0.0222. The van der Waals surface area contributed by atoms with E-state index in [0.29, 0.717) is 24.6 Å². The van der Waals surface area contributed by atoms with E-state index in [0.717, 1.165) is 16.7 Å². The number of carbonyl (C=O) groups is 2. The van der Waals surface area contributed by atoms with E-state index in [1.807, 2.05) is 80.6 Å². The molecule has 31 heavy (non-hydrogen) atoms. The molecule has 0 spiro atoms. The van der Waals surface area contributed by atoms with E-state index in [4.69, 9.17) is 4.42 Å². The third-order valence-electron chi connectivity index (χ3n) is 5.40. The van der Waals surface area contributed by atoms with E-state index in [1.54, 1.807) is 4.90 Å². The van der Waals surface area contributed by atoms with Crippen LogP contribution in [0.1, 0.15) is 35.5 Å². The lowest BCUT2D eigenvalue weighted by Gasteiger charge is -2.25. The molecular formula is C25H25N3O3. The first-order valence-electron chi connectivity index (χ1n) is 10.4. The second-order valence-electron chi connectivity index (χ2n) is 7.75. The number of hydrogen-bond acceptors (Lipinski definition) is 4. The minimum Gasteiger partial charge on any atom is -0.444 e. The molecule has 2 atom stereocenters. The molecule has 4 rings (SSSR count). The predicted octanol–water partition coefficient (Wildman–Crippen LogP) is 3.99. The Morgan fingerprint density at radius 2 is 1.65 bits per heavy atom. The molecule has 1 N–H and O–H groups in total. The van der Waals surface area contributed by atoms with Gasteiger partial charge < -0.3 is 14.6 Å². The molecule has 2 heterocycles. The maximum atomic E-state index is 12.8. The summed E-state index contributed by atoms with van der Waals surface area (Å²) in [7, 11) is 0. The summed E-state index contributed by atoms with van der Waals surface area (Å²) in [4.78, 5) is 31.1. The Bertz CT molecular complexity index is 1070. The number of benzene rings is 2. The average Bonchev–Trinajstić information content (AvgIpc) is 3.40. The fraction of sp³-hybridized carbons (Fsp3) is 0.240. The number of nitrogens with one attached hydrogen (secondary N) is 1. The van der Waals surface area contributed by atoms with Crippen molar-refractivity contribution >= 4 is 11.8 Å². The van der Waals surface area contributed by atoms with Crippen LogP contribution in [0.4, 0.5) is 0 Å². The van der Waals surface area contributed by atoms with Crippen molar-refractivity contribution in [3.8, 4) is 11.5 Å². The third kappa shape index (κ3) is 4.74. The SMILES string of the molecule is CC1C=CC(C)N1C(=O)c1coc(-c2ccc(CNC(=O)Cc3ccccc3)cc2)n1. The van der Waals surface area contributed by atoms with Crippen molar-refractivity contribution in [3.63, 3.8) is 0 Å². The molecule has 6 nitrogen and oxygen atoms in total. The summed E-state index contributed by atoms with van der Waals surface area (Å²) in [5.74, 6) is 0.235. The quantitative estimate of drug-likeness (QED) is 0.618. The smallest absolute Gasteiger partial charge is 0.276 e. The summed E-state index contributed by atoms with van der Waals surface area (Å²) in [6, 6.07) is 17.3. The Morgan fingerprint density at radius 1 is 0.968 bits per heavy atom. The molecule has 158 valence electrons. The zero-order chi connectivity index (χ0) is 21.8. The van der Waals surface area contributed by atoms with Crippen LogP contribution in [0.5, 0.6) is 0 Å². The molecule has 1 aromatic heterocycles. The number of aromatic nitrogens is 1. The van der Waals surface area contributed by atoms with Gasteiger partial charge in [0.15, 0.2) is 5.69 Å². The Hall–Kier alpha value is -3.67. The van der Waals surface area contributed by atoms with Crippen LogP contribution in [0.3, 0.4) is 0 Å². The van der Waals surface area contributed by atoms with E-state index < -0.39 is 0 Å². The highest BCUT2D eigenvalue weighted by Gasteiger charge is 2.29. The van der Waals surface area contributed by atoms with Crippen molar-refractivity contribution in [2.75, 3.05) is 0 Å². The van der Waals surface area contributed by atoms with Crippen LogP contribution in [0.15, 0.2) is 77.4 Å². The van der Waals surface area contributed by atoms with Crippen molar-refractivity contribution in [1.82, 2.24) is 15.2 Å². The molecule has 0 fully saturated rings. The van der Waals surface area contributed by atoms with Crippen LogP contribution in [0.2, 0.25) is 0 Å². The topological polar surface area (TPSA) is 75.4 Å². The first-order chi connectivity index (χ1) is 15.0. The molecular weight excluding hydrogens is 390 g/mol. The van der Waals surface area contributed by atoms with Gasteiger partial charge in [-0.15, -0.1) is 0 Å². The number of oxazole rings is 1. The van der Waals surface area contributed by atoms with E-state index >= 15 is 0 Å². The first-order valence-corrected chi connectivity index (χ1v) is 10.4. The van der Waals surface area contributed by atoms with Gasteiger partial charge in [0.1, 0.15) is 6.26 Å². The van der Waals surface area contributed by atoms with E-state index in [-0.39, 0.29) is 23.9 Å². The summed E-state index contributed by atoms with van der Waals surface area (Å²) in [6.45, 7) is 4.41. The van der Waals surface area contributed by atoms with Gasteiger partial charge in [-0.3, -0.25) is 9.59 Å². The third-order valence-corrected chi connectivity index (χ3v) is 5.40. The molecule has 0 aliphatic carbocycles. The van der Waals surface area contributed by atoms with Crippen molar-refractivity contribution in [2.45, 2.75) is 38.9 Å². The van der Waals surface area contributed by atoms with Crippen LogP contribution in [0.25, 0.3) is 11.5 Å². The molecule has 2 amide bonds. The second-order valence-corrected chi connectivity index (χ2v) is 7.75. The first kappa shape index (κ1) is 20.6. The maximum Gasteiger partial charge on any atom is 0.276 e. The average molecular weight is 415 g/mol.